The Bertz CT molecular complexity index is 195. The van der Waals surface area contributed by atoms with Crippen LogP contribution in [-0.4, -0.2) is 43.7 Å². The topological polar surface area (TPSA) is 47.6 Å². The zero-order valence-corrected chi connectivity index (χ0v) is 10.6. The number of amides is 1. The summed E-state index contributed by atoms with van der Waals surface area (Å²) >= 11 is 3.38. The quantitative estimate of drug-likeness (QED) is 0.762. The minimum atomic E-state index is -0.421. The van der Waals surface area contributed by atoms with Crippen LogP contribution in [0.1, 0.15) is 13.3 Å². The van der Waals surface area contributed by atoms with Crippen molar-refractivity contribution in [3.05, 3.63) is 0 Å². The van der Waals surface area contributed by atoms with E-state index in [0.717, 1.165) is 11.8 Å². The van der Waals surface area contributed by atoms with Gasteiger partial charge in [0.05, 0.1) is 19.8 Å². The molecule has 2 atom stereocenters. The van der Waals surface area contributed by atoms with E-state index < -0.39 is 6.10 Å². The number of nitrogens with one attached hydrogen (secondary N) is 1. The van der Waals surface area contributed by atoms with Crippen molar-refractivity contribution in [3.8, 4) is 0 Å². The molecule has 0 aliphatic carbocycles. The molecule has 1 aliphatic rings. The third kappa shape index (κ3) is 4.95. The Morgan fingerprint density at radius 3 is 3.00 bits per heavy atom. The van der Waals surface area contributed by atoms with Crippen molar-refractivity contribution >= 4 is 21.8 Å². The minimum Gasteiger partial charge on any atom is -0.376 e. The van der Waals surface area contributed by atoms with Gasteiger partial charge in [0.1, 0.15) is 0 Å². The van der Waals surface area contributed by atoms with Crippen molar-refractivity contribution in [2.45, 2.75) is 19.4 Å². The van der Waals surface area contributed by atoms with E-state index in [4.69, 9.17) is 9.47 Å². The van der Waals surface area contributed by atoms with Crippen LogP contribution in [-0.2, 0) is 14.3 Å². The molecule has 88 valence electrons. The van der Waals surface area contributed by atoms with Crippen LogP contribution in [0.2, 0.25) is 0 Å². The molecule has 1 heterocycles. The molecule has 4 nitrogen and oxygen atoms in total. The molecule has 0 aromatic carbocycles. The lowest BCUT2D eigenvalue weighted by molar-refractivity contribution is -0.147. The Morgan fingerprint density at radius 2 is 2.40 bits per heavy atom. The normalized spacial score (nSPS) is 23.5. The van der Waals surface area contributed by atoms with Crippen LogP contribution >= 0.6 is 15.9 Å². The summed E-state index contributed by atoms with van der Waals surface area (Å²) < 4.78 is 10.4. The maximum atomic E-state index is 11.6. The zero-order chi connectivity index (χ0) is 11.1. The summed E-state index contributed by atoms with van der Waals surface area (Å²) in [6, 6.07) is 0. The molecule has 5 heteroatoms. The molecule has 1 rings (SSSR count). The average Bonchev–Trinajstić information content (AvgIpc) is 2.27. The number of halogens is 1. The lowest BCUT2D eigenvalue weighted by Crippen LogP contribution is -2.44. The molecule has 1 saturated heterocycles. The van der Waals surface area contributed by atoms with Crippen molar-refractivity contribution in [2.75, 3.05) is 31.7 Å². The van der Waals surface area contributed by atoms with Crippen LogP contribution in [0.15, 0.2) is 0 Å². The third-order valence-corrected chi connectivity index (χ3v) is 2.79. The van der Waals surface area contributed by atoms with E-state index in [1.165, 1.54) is 0 Å². The van der Waals surface area contributed by atoms with E-state index >= 15 is 0 Å². The molecule has 0 radical (unpaired) electrons. The summed E-state index contributed by atoms with van der Waals surface area (Å²) in [6.45, 7) is 4.28. The van der Waals surface area contributed by atoms with Crippen LogP contribution in [0.5, 0.6) is 0 Å². The number of carbonyl (C=O) groups is 1. The van der Waals surface area contributed by atoms with Gasteiger partial charge in [-0.1, -0.05) is 22.9 Å². The highest BCUT2D eigenvalue weighted by molar-refractivity contribution is 9.09. The van der Waals surface area contributed by atoms with Crippen LogP contribution in [0.4, 0.5) is 0 Å². The van der Waals surface area contributed by atoms with E-state index in [0.29, 0.717) is 32.3 Å². The summed E-state index contributed by atoms with van der Waals surface area (Å²) in [6.07, 6.45) is 0.636. The predicted octanol–water partition coefficient (Wildman–Crippen LogP) is 0.939. The predicted molar refractivity (Wildman–Crippen MR) is 61.1 cm³/mol. The van der Waals surface area contributed by atoms with Crippen molar-refractivity contribution < 1.29 is 14.3 Å². The number of rotatable bonds is 5. The summed E-state index contributed by atoms with van der Waals surface area (Å²) in [4.78, 5) is 11.6. The first-order chi connectivity index (χ1) is 7.24. The number of alkyl halides is 1. The Balaban J connectivity index is 2.16. The largest absolute Gasteiger partial charge is 0.376 e. The Kier molecular flexibility index (Phi) is 6.20. The fourth-order valence-electron chi connectivity index (χ4n) is 1.32. The molecular formula is C10H18BrNO3. The standard InChI is InChI=1S/C10H18BrNO3/c1-8(2-3-11)6-12-10(13)9-7-14-4-5-15-9/h8-9H,2-7H2,1H3,(H,12,13). The van der Waals surface area contributed by atoms with Crippen molar-refractivity contribution in [1.82, 2.24) is 5.32 Å². The lowest BCUT2D eigenvalue weighted by Gasteiger charge is -2.22. The van der Waals surface area contributed by atoms with Gasteiger partial charge in [-0.05, 0) is 12.3 Å². The maximum Gasteiger partial charge on any atom is 0.251 e. The van der Waals surface area contributed by atoms with E-state index in [9.17, 15) is 4.79 Å². The fourth-order valence-corrected chi connectivity index (χ4v) is 2.10. The molecule has 2 unspecified atom stereocenters. The van der Waals surface area contributed by atoms with Crippen LogP contribution in [0, 0.1) is 5.92 Å². The van der Waals surface area contributed by atoms with Crippen molar-refractivity contribution in [2.24, 2.45) is 5.92 Å². The highest BCUT2D eigenvalue weighted by Crippen LogP contribution is 2.04. The molecule has 15 heavy (non-hydrogen) atoms. The number of ether oxygens (including phenoxy) is 2. The van der Waals surface area contributed by atoms with Crippen LogP contribution < -0.4 is 5.32 Å². The zero-order valence-electron chi connectivity index (χ0n) is 9.00. The first-order valence-corrected chi connectivity index (χ1v) is 6.39. The number of hydrogen-bond acceptors (Lipinski definition) is 3. The summed E-state index contributed by atoms with van der Waals surface area (Å²) in [5.41, 5.74) is 0. The second kappa shape index (κ2) is 7.19. The van der Waals surface area contributed by atoms with Gasteiger partial charge < -0.3 is 14.8 Å². The molecule has 0 aromatic rings. The van der Waals surface area contributed by atoms with E-state index in [-0.39, 0.29) is 5.91 Å². The molecular weight excluding hydrogens is 262 g/mol. The first kappa shape index (κ1) is 12.9. The van der Waals surface area contributed by atoms with Crippen molar-refractivity contribution in [1.29, 1.82) is 0 Å². The number of hydrogen-bond donors (Lipinski definition) is 1. The van der Waals surface area contributed by atoms with E-state index in [1.807, 2.05) is 0 Å². The Morgan fingerprint density at radius 1 is 1.60 bits per heavy atom. The van der Waals surface area contributed by atoms with Gasteiger partial charge in [-0.2, -0.15) is 0 Å². The Hall–Kier alpha value is -0.130. The smallest absolute Gasteiger partial charge is 0.251 e. The van der Waals surface area contributed by atoms with Crippen molar-refractivity contribution in [3.63, 3.8) is 0 Å². The maximum absolute atomic E-state index is 11.6. The van der Waals surface area contributed by atoms with Crippen LogP contribution in [0.3, 0.4) is 0 Å². The minimum absolute atomic E-state index is 0.0591. The van der Waals surface area contributed by atoms with E-state index in [1.54, 1.807) is 0 Å². The van der Waals surface area contributed by atoms with Gasteiger partial charge >= 0.3 is 0 Å². The molecule has 1 aliphatic heterocycles. The highest BCUT2D eigenvalue weighted by atomic mass is 79.9. The molecule has 1 fully saturated rings. The lowest BCUT2D eigenvalue weighted by atomic mass is 10.1. The third-order valence-electron chi connectivity index (χ3n) is 2.34. The summed E-state index contributed by atoms with van der Waals surface area (Å²) in [7, 11) is 0. The fraction of sp³-hybridized carbons (Fsp3) is 0.900. The van der Waals surface area contributed by atoms with Gasteiger partial charge in [-0.15, -0.1) is 0 Å². The molecule has 0 saturated carbocycles. The van der Waals surface area contributed by atoms with Gasteiger partial charge in [-0.3, -0.25) is 4.79 Å². The first-order valence-electron chi connectivity index (χ1n) is 5.27. The van der Waals surface area contributed by atoms with Gasteiger partial charge in [0.15, 0.2) is 6.10 Å². The average molecular weight is 280 g/mol. The SMILES string of the molecule is CC(CCBr)CNC(=O)C1COCCO1. The Labute approximate surface area is 98.8 Å². The molecule has 1 N–H and O–H groups in total. The second-order valence-corrected chi connectivity index (χ2v) is 4.56. The second-order valence-electron chi connectivity index (χ2n) is 3.76. The highest BCUT2D eigenvalue weighted by Gasteiger charge is 2.22. The van der Waals surface area contributed by atoms with Crippen LogP contribution in [0.25, 0.3) is 0 Å². The van der Waals surface area contributed by atoms with E-state index in [2.05, 4.69) is 28.2 Å². The molecule has 0 bridgehead atoms. The molecule has 1 amide bonds. The summed E-state index contributed by atoms with van der Waals surface area (Å²) in [5.74, 6) is 0.425. The molecule has 0 spiro atoms. The number of carbonyl (C=O) groups excluding carboxylic acids is 1. The molecule has 0 aromatic heterocycles. The van der Waals surface area contributed by atoms with Gasteiger partial charge in [0.25, 0.3) is 5.91 Å². The van der Waals surface area contributed by atoms with Gasteiger partial charge in [0.2, 0.25) is 0 Å². The van der Waals surface area contributed by atoms with Gasteiger partial charge in [-0.25, -0.2) is 0 Å². The monoisotopic (exact) mass is 279 g/mol. The van der Waals surface area contributed by atoms with Gasteiger partial charge in [0, 0.05) is 11.9 Å². The summed E-state index contributed by atoms with van der Waals surface area (Å²) in [5, 5.41) is 3.84.